The fourth-order valence-corrected chi connectivity index (χ4v) is 3.62. The number of hydrogen-bond acceptors (Lipinski definition) is 5. The van der Waals surface area contributed by atoms with Crippen molar-refractivity contribution >= 4 is 23.3 Å². The van der Waals surface area contributed by atoms with E-state index in [2.05, 4.69) is 4.98 Å². The maximum atomic E-state index is 13.0. The Bertz CT molecular complexity index is 1040. The second-order valence-corrected chi connectivity index (χ2v) is 7.11. The third-order valence-electron chi connectivity index (χ3n) is 4.85. The van der Waals surface area contributed by atoms with Crippen molar-refractivity contribution in [3.05, 3.63) is 89.1 Å². The third kappa shape index (κ3) is 3.69. The molecule has 0 saturated heterocycles. The van der Waals surface area contributed by atoms with Crippen molar-refractivity contribution in [3.8, 4) is 0 Å². The molecule has 1 aliphatic heterocycles. The number of amides is 1. The molecule has 4 rings (SSSR count). The number of aromatic nitrogens is 2. The molecule has 0 saturated carbocycles. The van der Waals surface area contributed by atoms with Gasteiger partial charge in [-0.15, -0.1) is 0 Å². The largest absolute Gasteiger partial charge is 0.503 e. The van der Waals surface area contributed by atoms with Crippen molar-refractivity contribution < 1.29 is 19.1 Å². The lowest BCUT2D eigenvalue weighted by molar-refractivity contribution is -0.129. The fraction of sp³-hybridized carbons (Fsp3) is 0.190. The maximum absolute atomic E-state index is 13.0. The minimum atomic E-state index is -0.722. The van der Waals surface area contributed by atoms with Gasteiger partial charge in [-0.25, -0.2) is 4.98 Å². The van der Waals surface area contributed by atoms with Crippen LogP contribution >= 0.6 is 11.6 Å². The quantitative estimate of drug-likeness (QED) is 0.597. The molecule has 1 amide bonds. The van der Waals surface area contributed by atoms with Gasteiger partial charge in [0.25, 0.3) is 5.91 Å². The number of Topliss-reactive ketones (excluding diaryl/α,β-unsaturated/α-hetero) is 1. The van der Waals surface area contributed by atoms with Gasteiger partial charge in [0.1, 0.15) is 0 Å². The number of aliphatic hydroxyl groups excluding tert-OH is 1. The molecule has 1 atom stereocenters. The Morgan fingerprint density at radius 2 is 2.00 bits per heavy atom. The molecule has 1 unspecified atom stereocenters. The summed E-state index contributed by atoms with van der Waals surface area (Å²) in [6.45, 7) is 1.00. The molecule has 148 valence electrons. The minimum absolute atomic E-state index is 0.00917. The Balaban J connectivity index is 1.66. The van der Waals surface area contributed by atoms with Gasteiger partial charge >= 0.3 is 0 Å². The summed E-state index contributed by atoms with van der Waals surface area (Å²) in [6.07, 6.45) is 7.22. The number of halogens is 1. The number of furan rings is 1. The lowest BCUT2D eigenvalue weighted by Crippen LogP contribution is -2.32. The molecule has 2 aromatic heterocycles. The van der Waals surface area contributed by atoms with Crippen LogP contribution in [-0.4, -0.2) is 37.8 Å². The molecule has 8 heteroatoms. The van der Waals surface area contributed by atoms with Crippen LogP contribution in [0.25, 0.3) is 0 Å². The highest BCUT2D eigenvalue weighted by Crippen LogP contribution is 2.39. The van der Waals surface area contributed by atoms with E-state index in [0.29, 0.717) is 30.1 Å². The van der Waals surface area contributed by atoms with E-state index in [-0.39, 0.29) is 11.3 Å². The molecule has 0 spiro atoms. The van der Waals surface area contributed by atoms with Crippen LogP contribution in [0.1, 0.15) is 28.6 Å². The highest BCUT2D eigenvalue weighted by Gasteiger charge is 2.44. The van der Waals surface area contributed by atoms with E-state index in [1.165, 1.54) is 17.2 Å². The minimum Gasteiger partial charge on any atom is -0.503 e. The predicted octanol–water partition coefficient (Wildman–Crippen LogP) is 3.80. The van der Waals surface area contributed by atoms with E-state index in [1.807, 2.05) is 10.8 Å². The maximum Gasteiger partial charge on any atom is 0.290 e. The molecular formula is C21H18ClN3O4. The monoisotopic (exact) mass is 411 g/mol. The van der Waals surface area contributed by atoms with Crippen LogP contribution in [0.4, 0.5) is 0 Å². The van der Waals surface area contributed by atoms with Gasteiger partial charge in [0, 0.05) is 30.5 Å². The summed E-state index contributed by atoms with van der Waals surface area (Å²) in [5, 5.41) is 11.1. The summed E-state index contributed by atoms with van der Waals surface area (Å²) in [5.74, 6) is -1.57. The molecule has 29 heavy (non-hydrogen) atoms. The number of carbonyl (C=O) groups excluding carboxylic acids is 2. The Hall–Kier alpha value is -3.32. The summed E-state index contributed by atoms with van der Waals surface area (Å²) in [6, 6.07) is 9.24. The number of aryl methyl sites for hydroxylation is 1. The van der Waals surface area contributed by atoms with Gasteiger partial charge in [0.15, 0.2) is 11.5 Å². The van der Waals surface area contributed by atoms with Gasteiger partial charge < -0.3 is 19.0 Å². The Labute approximate surface area is 171 Å². The Morgan fingerprint density at radius 1 is 1.21 bits per heavy atom. The zero-order valence-electron chi connectivity index (χ0n) is 15.4. The normalized spacial score (nSPS) is 16.7. The van der Waals surface area contributed by atoms with Crippen molar-refractivity contribution in [3.63, 3.8) is 0 Å². The van der Waals surface area contributed by atoms with Crippen molar-refractivity contribution in [1.82, 2.24) is 14.5 Å². The van der Waals surface area contributed by atoms with Crippen LogP contribution < -0.4 is 0 Å². The molecule has 1 aromatic carbocycles. The molecule has 0 aliphatic carbocycles. The van der Waals surface area contributed by atoms with Crippen LogP contribution in [0.5, 0.6) is 0 Å². The van der Waals surface area contributed by atoms with E-state index in [0.717, 1.165) is 0 Å². The van der Waals surface area contributed by atoms with Crippen LogP contribution in [0.3, 0.4) is 0 Å². The van der Waals surface area contributed by atoms with E-state index >= 15 is 0 Å². The third-order valence-corrected chi connectivity index (χ3v) is 5.11. The van der Waals surface area contributed by atoms with Gasteiger partial charge in [-0.05, 0) is 36.2 Å². The number of rotatable bonds is 7. The first-order valence-corrected chi connectivity index (χ1v) is 9.47. The van der Waals surface area contributed by atoms with Crippen LogP contribution in [0.15, 0.2) is 77.1 Å². The standard InChI is InChI=1S/C21H18ClN3O4/c22-15-6-4-14(5-7-15)18-17(19(26)16-3-1-12-29-16)20(27)21(28)25(18)10-2-9-24-11-8-23-13-24/h1,3-8,11-13,18,27H,2,9-10H2. The topological polar surface area (TPSA) is 88.6 Å². The molecule has 0 radical (unpaired) electrons. The smallest absolute Gasteiger partial charge is 0.290 e. The predicted molar refractivity (Wildman–Crippen MR) is 105 cm³/mol. The highest BCUT2D eigenvalue weighted by molar-refractivity contribution is 6.30. The summed E-state index contributed by atoms with van der Waals surface area (Å²) < 4.78 is 7.11. The number of ketones is 1. The zero-order valence-corrected chi connectivity index (χ0v) is 16.1. The summed E-state index contributed by atoms with van der Waals surface area (Å²) in [5.41, 5.74) is 0.694. The zero-order chi connectivity index (χ0) is 20.4. The SMILES string of the molecule is O=C(C1=C(O)C(=O)N(CCCn2ccnc2)C1c1ccc(Cl)cc1)c1ccco1. The van der Waals surface area contributed by atoms with Gasteiger partial charge in [-0.3, -0.25) is 9.59 Å². The van der Waals surface area contributed by atoms with Gasteiger partial charge in [0.05, 0.1) is 24.2 Å². The Morgan fingerprint density at radius 3 is 2.66 bits per heavy atom. The first-order valence-electron chi connectivity index (χ1n) is 9.10. The molecule has 0 fully saturated rings. The van der Waals surface area contributed by atoms with Crippen LogP contribution in [0, 0.1) is 0 Å². The second-order valence-electron chi connectivity index (χ2n) is 6.68. The average molecular weight is 412 g/mol. The molecule has 1 aliphatic rings. The van der Waals surface area contributed by atoms with Gasteiger partial charge in [-0.2, -0.15) is 0 Å². The van der Waals surface area contributed by atoms with Crippen LogP contribution in [0.2, 0.25) is 5.02 Å². The van der Waals surface area contributed by atoms with Gasteiger partial charge in [0.2, 0.25) is 5.78 Å². The summed E-state index contributed by atoms with van der Waals surface area (Å²) in [7, 11) is 0. The molecule has 0 bridgehead atoms. The van der Waals surface area contributed by atoms with E-state index in [4.69, 9.17) is 16.0 Å². The summed E-state index contributed by atoms with van der Waals surface area (Å²) >= 11 is 6.00. The number of nitrogens with zero attached hydrogens (tertiary/aromatic N) is 3. The Kier molecular flexibility index (Phi) is 5.22. The highest BCUT2D eigenvalue weighted by atomic mass is 35.5. The van der Waals surface area contributed by atoms with Crippen molar-refractivity contribution in [1.29, 1.82) is 0 Å². The molecule has 7 nitrogen and oxygen atoms in total. The number of hydrogen-bond donors (Lipinski definition) is 1. The van der Waals surface area contributed by atoms with E-state index in [1.54, 1.807) is 42.9 Å². The van der Waals surface area contributed by atoms with Crippen molar-refractivity contribution in [2.45, 2.75) is 19.0 Å². The van der Waals surface area contributed by atoms with Crippen LogP contribution in [-0.2, 0) is 11.3 Å². The second kappa shape index (κ2) is 7.97. The molecular weight excluding hydrogens is 394 g/mol. The van der Waals surface area contributed by atoms with E-state index in [9.17, 15) is 14.7 Å². The fourth-order valence-electron chi connectivity index (χ4n) is 3.49. The molecule has 3 aromatic rings. The average Bonchev–Trinajstić information content (AvgIpc) is 3.47. The molecule has 3 heterocycles. The first-order chi connectivity index (χ1) is 14.1. The number of benzene rings is 1. The lowest BCUT2D eigenvalue weighted by Gasteiger charge is -2.26. The van der Waals surface area contributed by atoms with Crippen molar-refractivity contribution in [2.24, 2.45) is 0 Å². The number of aliphatic hydroxyl groups is 1. The lowest BCUT2D eigenvalue weighted by atomic mass is 9.95. The number of imidazole rings is 1. The first kappa shape index (κ1) is 19.0. The van der Waals surface area contributed by atoms with Crippen molar-refractivity contribution in [2.75, 3.05) is 6.54 Å². The van der Waals surface area contributed by atoms with Gasteiger partial charge in [-0.1, -0.05) is 23.7 Å². The molecule has 1 N–H and O–H groups in total. The number of carbonyl (C=O) groups is 2. The summed E-state index contributed by atoms with van der Waals surface area (Å²) in [4.78, 5) is 31.3. The van der Waals surface area contributed by atoms with E-state index < -0.39 is 23.5 Å².